The second kappa shape index (κ2) is 5.36. The van der Waals surface area contributed by atoms with Crippen LogP contribution in [0.15, 0.2) is 4.42 Å². The topological polar surface area (TPSA) is 54.2 Å². The average Bonchev–Trinajstić information content (AvgIpc) is 3.11. The van der Waals surface area contributed by atoms with Gasteiger partial charge in [-0.25, -0.2) is 0 Å². The number of likely N-dealkylation sites (tertiary alicyclic amines) is 1. The van der Waals surface area contributed by atoms with Crippen molar-refractivity contribution in [3.8, 4) is 0 Å². The fraction of sp³-hybridized carbons (Fsp3) is 0.846. The number of rotatable bonds is 5. The van der Waals surface area contributed by atoms with Crippen molar-refractivity contribution in [3.05, 3.63) is 11.8 Å². The molecule has 1 aromatic rings. The van der Waals surface area contributed by atoms with Crippen molar-refractivity contribution < 1.29 is 4.42 Å². The summed E-state index contributed by atoms with van der Waals surface area (Å²) in [6.07, 6.45) is 5.37. The Labute approximate surface area is 108 Å². The third-order valence-corrected chi connectivity index (χ3v) is 3.80. The first-order valence-electron chi connectivity index (χ1n) is 7.04. The lowest BCUT2D eigenvalue weighted by atomic mass is 9.98. The zero-order valence-corrected chi connectivity index (χ0v) is 11.1. The van der Waals surface area contributed by atoms with Gasteiger partial charge < -0.3 is 9.73 Å². The maximum Gasteiger partial charge on any atom is 0.230 e. The van der Waals surface area contributed by atoms with E-state index in [2.05, 4.69) is 20.4 Å². The molecule has 0 aromatic carbocycles. The predicted octanol–water partition coefficient (Wildman–Crippen LogP) is 1.34. The molecule has 1 aliphatic carbocycles. The van der Waals surface area contributed by atoms with Crippen molar-refractivity contribution >= 4 is 0 Å². The molecule has 0 amide bonds. The monoisotopic (exact) mass is 250 g/mol. The van der Waals surface area contributed by atoms with Crippen LogP contribution in [0.25, 0.3) is 0 Å². The summed E-state index contributed by atoms with van der Waals surface area (Å²) >= 11 is 0. The molecule has 0 spiro atoms. The summed E-state index contributed by atoms with van der Waals surface area (Å²) in [5.41, 5.74) is 0. The third kappa shape index (κ3) is 3.29. The van der Waals surface area contributed by atoms with E-state index >= 15 is 0 Å². The largest absolute Gasteiger partial charge is 0.424 e. The van der Waals surface area contributed by atoms with Crippen LogP contribution in [0.4, 0.5) is 0 Å². The number of nitrogens with one attached hydrogen (secondary N) is 1. The number of hydrogen-bond donors (Lipinski definition) is 1. The molecular formula is C13H22N4O. The molecule has 0 radical (unpaired) electrons. The Hall–Kier alpha value is -0.940. The first-order valence-corrected chi connectivity index (χ1v) is 7.04. The molecule has 3 rings (SSSR count). The van der Waals surface area contributed by atoms with Gasteiger partial charge in [-0.2, -0.15) is 0 Å². The van der Waals surface area contributed by atoms with E-state index in [0.29, 0.717) is 5.89 Å². The van der Waals surface area contributed by atoms with Gasteiger partial charge in [-0.05, 0) is 44.7 Å². The highest BCUT2D eigenvalue weighted by Crippen LogP contribution is 2.22. The Morgan fingerprint density at radius 3 is 2.94 bits per heavy atom. The quantitative estimate of drug-likeness (QED) is 0.854. The number of hydrogen-bond acceptors (Lipinski definition) is 5. The van der Waals surface area contributed by atoms with E-state index in [0.717, 1.165) is 37.5 Å². The van der Waals surface area contributed by atoms with E-state index in [9.17, 15) is 0 Å². The molecule has 0 bridgehead atoms. The van der Waals surface area contributed by atoms with Crippen LogP contribution in [0.1, 0.15) is 37.5 Å². The van der Waals surface area contributed by atoms with Gasteiger partial charge in [0.05, 0.1) is 6.54 Å². The molecule has 100 valence electrons. The molecule has 5 heteroatoms. The minimum absolute atomic E-state index is 0.661. The lowest BCUT2D eigenvalue weighted by Gasteiger charge is -2.31. The van der Waals surface area contributed by atoms with Gasteiger partial charge in [0.1, 0.15) is 0 Å². The molecule has 1 N–H and O–H groups in total. The Kier molecular flexibility index (Phi) is 3.61. The number of aryl methyl sites for hydroxylation is 1. The Morgan fingerprint density at radius 1 is 1.33 bits per heavy atom. The first kappa shape index (κ1) is 12.1. The maximum atomic E-state index is 5.45. The van der Waals surface area contributed by atoms with E-state index in [4.69, 9.17) is 4.42 Å². The van der Waals surface area contributed by atoms with Crippen LogP contribution < -0.4 is 5.32 Å². The fourth-order valence-corrected chi connectivity index (χ4v) is 2.67. The SMILES string of the molecule is Cc1nnc(CN2CCCC(CNC3CC3)C2)o1. The van der Waals surface area contributed by atoms with Crippen molar-refractivity contribution in [2.24, 2.45) is 5.92 Å². The number of aromatic nitrogens is 2. The molecule has 1 atom stereocenters. The molecule has 2 aliphatic rings. The molecule has 1 saturated carbocycles. The second-order valence-corrected chi connectivity index (χ2v) is 5.64. The van der Waals surface area contributed by atoms with Crippen LogP contribution in [0.3, 0.4) is 0 Å². The third-order valence-electron chi connectivity index (χ3n) is 3.80. The minimum atomic E-state index is 0.661. The normalized spacial score (nSPS) is 25.5. The first-order chi connectivity index (χ1) is 8.79. The van der Waals surface area contributed by atoms with Crippen molar-refractivity contribution in [3.63, 3.8) is 0 Å². The molecule has 2 heterocycles. The van der Waals surface area contributed by atoms with Gasteiger partial charge in [0, 0.05) is 19.5 Å². The molecule has 5 nitrogen and oxygen atoms in total. The summed E-state index contributed by atoms with van der Waals surface area (Å²) in [4.78, 5) is 2.44. The molecule has 1 aliphatic heterocycles. The van der Waals surface area contributed by atoms with E-state index in [1.54, 1.807) is 0 Å². The molecule has 2 fully saturated rings. The summed E-state index contributed by atoms with van der Waals surface area (Å²) in [5.74, 6) is 2.20. The lowest BCUT2D eigenvalue weighted by Crippen LogP contribution is -2.39. The zero-order valence-electron chi connectivity index (χ0n) is 11.1. The number of piperidine rings is 1. The summed E-state index contributed by atoms with van der Waals surface area (Å²) in [6.45, 7) is 6.13. The summed E-state index contributed by atoms with van der Waals surface area (Å²) in [7, 11) is 0. The summed E-state index contributed by atoms with van der Waals surface area (Å²) in [5, 5.41) is 11.6. The Morgan fingerprint density at radius 2 is 2.22 bits per heavy atom. The molecular weight excluding hydrogens is 228 g/mol. The van der Waals surface area contributed by atoms with Crippen LogP contribution in [-0.2, 0) is 6.54 Å². The van der Waals surface area contributed by atoms with Gasteiger partial charge in [0.2, 0.25) is 11.8 Å². The van der Waals surface area contributed by atoms with Crippen molar-refractivity contribution in [1.29, 1.82) is 0 Å². The summed E-state index contributed by atoms with van der Waals surface area (Å²) < 4.78 is 5.45. The molecule has 18 heavy (non-hydrogen) atoms. The smallest absolute Gasteiger partial charge is 0.230 e. The minimum Gasteiger partial charge on any atom is -0.424 e. The van der Waals surface area contributed by atoms with Gasteiger partial charge in [-0.1, -0.05) is 0 Å². The Bertz CT molecular complexity index is 388. The lowest BCUT2D eigenvalue weighted by molar-refractivity contribution is 0.152. The molecule has 1 unspecified atom stereocenters. The van der Waals surface area contributed by atoms with Crippen LogP contribution in [0.2, 0.25) is 0 Å². The standard InChI is InChI=1S/C13H22N4O/c1-10-15-16-13(18-10)9-17-6-2-3-11(8-17)7-14-12-4-5-12/h11-12,14H,2-9H2,1H3. The fourth-order valence-electron chi connectivity index (χ4n) is 2.67. The predicted molar refractivity (Wildman–Crippen MR) is 68.1 cm³/mol. The van der Waals surface area contributed by atoms with Crippen LogP contribution in [-0.4, -0.2) is 40.8 Å². The van der Waals surface area contributed by atoms with Crippen molar-refractivity contribution in [2.75, 3.05) is 19.6 Å². The number of nitrogens with zero attached hydrogens (tertiary/aromatic N) is 3. The van der Waals surface area contributed by atoms with E-state index in [-0.39, 0.29) is 0 Å². The van der Waals surface area contributed by atoms with E-state index in [1.807, 2.05) is 6.92 Å². The van der Waals surface area contributed by atoms with Crippen molar-refractivity contribution in [1.82, 2.24) is 20.4 Å². The second-order valence-electron chi connectivity index (χ2n) is 5.64. The van der Waals surface area contributed by atoms with E-state index < -0.39 is 0 Å². The van der Waals surface area contributed by atoms with Crippen LogP contribution >= 0.6 is 0 Å². The summed E-state index contributed by atoms with van der Waals surface area (Å²) in [6, 6.07) is 0.818. The van der Waals surface area contributed by atoms with Gasteiger partial charge in [0.15, 0.2) is 0 Å². The zero-order chi connectivity index (χ0) is 12.4. The van der Waals surface area contributed by atoms with Gasteiger partial charge in [-0.3, -0.25) is 4.90 Å². The average molecular weight is 250 g/mol. The highest BCUT2D eigenvalue weighted by atomic mass is 16.4. The highest BCUT2D eigenvalue weighted by Gasteiger charge is 2.25. The van der Waals surface area contributed by atoms with Gasteiger partial charge >= 0.3 is 0 Å². The van der Waals surface area contributed by atoms with Crippen LogP contribution in [0, 0.1) is 12.8 Å². The van der Waals surface area contributed by atoms with Gasteiger partial charge in [0.25, 0.3) is 0 Å². The maximum absolute atomic E-state index is 5.45. The highest BCUT2D eigenvalue weighted by molar-refractivity contribution is 4.85. The molecule has 1 saturated heterocycles. The Balaban J connectivity index is 1.46. The molecule has 1 aromatic heterocycles. The van der Waals surface area contributed by atoms with Crippen molar-refractivity contribution in [2.45, 2.75) is 45.2 Å². The van der Waals surface area contributed by atoms with E-state index in [1.165, 1.54) is 32.2 Å². The van der Waals surface area contributed by atoms with Crippen LogP contribution in [0.5, 0.6) is 0 Å². The van der Waals surface area contributed by atoms with Gasteiger partial charge in [-0.15, -0.1) is 10.2 Å².